The molecule has 198 valence electrons. The highest BCUT2D eigenvalue weighted by Crippen LogP contribution is 2.41. The lowest BCUT2D eigenvalue weighted by molar-refractivity contribution is -0.116. The van der Waals surface area contributed by atoms with Crippen molar-refractivity contribution in [3.8, 4) is 11.3 Å². The number of methoxy groups -OCH3 is 1. The third-order valence-electron chi connectivity index (χ3n) is 6.60. The maximum Gasteiger partial charge on any atom is 0.338 e. The van der Waals surface area contributed by atoms with Gasteiger partial charge in [0.1, 0.15) is 17.6 Å². The summed E-state index contributed by atoms with van der Waals surface area (Å²) >= 11 is 5.72. The van der Waals surface area contributed by atoms with E-state index in [1.165, 1.54) is 7.11 Å². The van der Waals surface area contributed by atoms with Gasteiger partial charge in [-0.25, -0.2) is 4.79 Å². The summed E-state index contributed by atoms with van der Waals surface area (Å²) in [5.41, 5.74) is 3.65. The third-order valence-corrected chi connectivity index (χ3v) is 6.95. The minimum absolute atomic E-state index is 0.115. The molecule has 0 radical (unpaired) electrons. The summed E-state index contributed by atoms with van der Waals surface area (Å²) in [6.07, 6.45) is 1.95. The predicted octanol–water partition coefficient (Wildman–Crippen LogP) is 5.44. The zero-order chi connectivity index (χ0) is 27.4. The molecule has 2 N–H and O–H groups in total. The van der Waals surface area contributed by atoms with Crippen LogP contribution in [0, 0.1) is 6.92 Å². The highest BCUT2D eigenvalue weighted by Gasteiger charge is 2.41. The Balaban J connectivity index is 1.43. The van der Waals surface area contributed by atoms with Gasteiger partial charge in [-0.3, -0.25) is 9.78 Å². The highest BCUT2D eigenvalue weighted by atomic mass is 32.1. The average Bonchev–Trinajstić information content (AvgIpc) is 3.56. The number of hydrogen-bond acceptors (Lipinski definition) is 6. The number of pyridine rings is 1. The molecule has 1 amide bonds. The van der Waals surface area contributed by atoms with Crippen molar-refractivity contribution in [2.24, 2.45) is 0 Å². The second-order valence-corrected chi connectivity index (χ2v) is 9.61. The van der Waals surface area contributed by atoms with Gasteiger partial charge >= 0.3 is 5.97 Å². The summed E-state index contributed by atoms with van der Waals surface area (Å²) in [4.78, 5) is 31.7. The van der Waals surface area contributed by atoms with Crippen LogP contribution < -0.4 is 10.6 Å². The van der Waals surface area contributed by atoms with Crippen molar-refractivity contribution in [1.29, 1.82) is 0 Å². The van der Waals surface area contributed by atoms with Crippen LogP contribution in [0.25, 0.3) is 11.3 Å². The molecular formula is C30H28N4O4S. The van der Waals surface area contributed by atoms with Gasteiger partial charge in [-0.1, -0.05) is 36.4 Å². The number of nitrogens with zero attached hydrogens (tertiary/aromatic N) is 2. The summed E-state index contributed by atoms with van der Waals surface area (Å²) < 4.78 is 11.3. The van der Waals surface area contributed by atoms with Gasteiger partial charge in [0, 0.05) is 30.4 Å². The molecule has 1 saturated heterocycles. The van der Waals surface area contributed by atoms with Crippen LogP contribution in [0.2, 0.25) is 0 Å². The topological polar surface area (TPSA) is 96.7 Å². The minimum atomic E-state index is -0.445. The maximum atomic E-state index is 12.8. The minimum Gasteiger partial charge on any atom is -0.465 e. The van der Waals surface area contributed by atoms with Crippen LogP contribution >= 0.6 is 12.2 Å². The molecule has 2 aromatic carbocycles. The van der Waals surface area contributed by atoms with Crippen molar-refractivity contribution in [3.05, 3.63) is 108 Å². The van der Waals surface area contributed by atoms with E-state index < -0.39 is 5.97 Å². The van der Waals surface area contributed by atoms with Gasteiger partial charge in [0.25, 0.3) is 0 Å². The van der Waals surface area contributed by atoms with Crippen molar-refractivity contribution in [1.82, 2.24) is 15.2 Å². The Morgan fingerprint density at radius 3 is 2.67 bits per heavy atom. The van der Waals surface area contributed by atoms with E-state index in [1.54, 1.807) is 18.3 Å². The second-order valence-electron chi connectivity index (χ2n) is 9.23. The molecule has 8 nitrogen and oxygen atoms in total. The Bertz CT molecular complexity index is 1500. The summed E-state index contributed by atoms with van der Waals surface area (Å²) in [5.74, 6) is 0.600. The van der Waals surface area contributed by atoms with Crippen LogP contribution in [0.5, 0.6) is 0 Å². The van der Waals surface area contributed by atoms with Gasteiger partial charge in [0.2, 0.25) is 5.91 Å². The van der Waals surface area contributed by atoms with Crippen LogP contribution in [-0.2, 0) is 9.53 Å². The number of furan rings is 1. The number of aromatic nitrogens is 1. The van der Waals surface area contributed by atoms with Gasteiger partial charge in [-0.15, -0.1) is 0 Å². The molecule has 1 aliphatic heterocycles. The van der Waals surface area contributed by atoms with Crippen molar-refractivity contribution in [2.45, 2.75) is 25.4 Å². The molecular weight excluding hydrogens is 512 g/mol. The summed E-state index contributed by atoms with van der Waals surface area (Å²) in [6, 6.07) is 23.6. The van der Waals surface area contributed by atoms with Crippen LogP contribution in [0.15, 0.2) is 89.5 Å². The largest absolute Gasteiger partial charge is 0.465 e. The Morgan fingerprint density at radius 1 is 1.08 bits per heavy atom. The molecule has 0 bridgehead atoms. The Morgan fingerprint density at radius 2 is 1.90 bits per heavy atom. The van der Waals surface area contributed by atoms with Crippen molar-refractivity contribution < 1.29 is 18.7 Å². The summed E-state index contributed by atoms with van der Waals surface area (Å²) in [6.45, 7) is 2.35. The number of rotatable bonds is 8. The van der Waals surface area contributed by atoms with E-state index in [-0.39, 0.29) is 24.4 Å². The monoisotopic (exact) mass is 540 g/mol. The Labute approximate surface area is 232 Å². The van der Waals surface area contributed by atoms with Crippen LogP contribution in [-0.4, -0.2) is 40.5 Å². The second kappa shape index (κ2) is 11.5. The molecule has 0 saturated carbocycles. The molecule has 1 fully saturated rings. The molecule has 0 unspecified atom stereocenters. The molecule has 0 spiro atoms. The Hall–Kier alpha value is -4.50. The first-order valence-corrected chi connectivity index (χ1v) is 13.0. The number of amides is 1. The number of carbonyl (C=O) groups is 2. The number of nitrogens with one attached hydrogen (secondary N) is 2. The smallest absolute Gasteiger partial charge is 0.338 e. The normalized spacial score (nSPS) is 16.6. The fraction of sp³-hybridized carbons (Fsp3) is 0.200. The molecule has 9 heteroatoms. The van der Waals surface area contributed by atoms with E-state index in [1.807, 2.05) is 78.6 Å². The lowest BCUT2D eigenvalue weighted by Gasteiger charge is -2.25. The molecule has 5 rings (SSSR count). The first kappa shape index (κ1) is 26.1. The number of carbonyl (C=O) groups excluding carboxylic acids is 2. The van der Waals surface area contributed by atoms with E-state index in [2.05, 4.69) is 15.6 Å². The van der Waals surface area contributed by atoms with E-state index >= 15 is 0 Å². The highest BCUT2D eigenvalue weighted by molar-refractivity contribution is 7.80. The van der Waals surface area contributed by atoms with Gasteiger partial charge in [0.15, 0.2) is 5.11 Å². The Kier molecular flexibility index (Phi) is 7.69. The maximum absolute atomic E-state index is 12.8. The quantitative estimate of drug-likeness (QED) is 0.225. The number of ether oxygens (including phenoxy) is 1. The number of esters is 1. The van der Waals surface area contributed by atoms with Crippen LogP contribution in [0.4, 0.5) is 5.69 Å². The van der Waals surface area contributed by atoms with E-state index in [0.717, 1.165) is 16.9 Å². The lowest BCUT2D eigenvalue weighted by Crippen LogP contribution is -2.32. The van der Waals surface area contributed by atoms with Gasteiger partial charge in [-0.2, -0.15) is 0 Å². The molecule has 2 aromatic heterocycles. The van der Waals surface area contributed by atoms with Gasteiger partial charge in [0.05, 0.1) is 24.4 Å². The third kappa shape index (κ3) is 5.68. The van der Waals surface area contributed by atoms with Gasteiger partial charge < -0.3 is 24.7 Å². The molecule has 0 aliphatic carbocycles. The summed E-state index contributed by atoms with van der Waals surface area (Å²) in [7, 11) is 1.35. The number of thiocarbonyl (C=S) groups is 1. The van der Waals surface area contributed by atoms with Crippen molar-refractivity contribution in [3.63, 3.8) is 0 Å². The zero-order valence-electron chi connectivity index (χ0n) is 21.6. The molecule has 1 aliphatic rings. The molecule has 39 heavy (non-hydrogen) atoms. The van der Waals surface area contributed by atoms with E-state index in [4.69, 9.17) is 21.4 Å². The number of benzene rings is 2. The standard InChI is InChI=1S/C30H28N4O4S/c1-19-8-7-9-20(18-19)32-26(35)15-17-34-28(27(33-30(34)39)23-12-5-6-16-31-23)25-14-13-24(38-25)21-10-3-4-11-22(21)29(36)37-2/h3-14,16,18,27-28H,15,17H2,1-2H3,(H,32,35)(H,33,39)/t27-,28+/m0/s1. The number of hydrogen-bond donors (Lipinski definition) is 2. The van der Waals surface area contributed by atoms with Crippen LogP contribution in [0.3, 0.4) is 0 Å². The SMILES string of the molecule is COC(=O)c1ccccc1-c1ccc([C@@H]2[C@H](c3ccccn3)NC(=S)N2CCC(=O)Nc2cccc(C)c2)o1. The molecule has 4 aromatic rings. The van der Waals surface area contributed by atoms with Crippen LogP contribution in [0.1, 0.15) is 45.9 Å². The predicted molar refractivity (Wildman–Crippen MR) is 152 cm³/mol. The fourth-order valence-electron chi connectivity index (χ4n) is 4.77. The molecule has 3 heterocycles. The van der Waals surface area contributed by atoms with Gasteiger partial charge in [-0.05, 0) is 67.2 Å². The van der Waals surface area contributed by atoms with Crippen molar-refractivity contribution in [2.75, 3.05) is 19.0 Å². The number of anilines is 1. The zero-order valence-corrected chi connectivity index (χ0v) is 22.4. The lowest BCUT2D eigenvalue weighted by atomic mass is 10.0. The number of aryl methyl sites for hydroxylation is 1. The van der Waals surface area contributed by atoms with Crippen molar-refractivity contribution >= 4 is 34.9 Å². The molecule has 2 atom stereocenters. The van der Waals surface area contributed by atoms with E-state index in [9.17, 15) is 9.59 Å². The summed E-state index contributed by atoms with van der Waals surface area (Å²) in [5, 5.41) is 6.83. The first-order chi connectivity index (χ1) is 18.9. The fourth-order valence-corrected chi connectivity index (χ4v) is 5.10. The average molecular weight is 541 g/mol. The first-order valence-electron chi connectivity index (χ1n) is 12.6. The van der Waals surface area contributed by atoms with E-state index in [0.29, 0.717) is 34.3 Å².